The van der Waals surface area contributed by atoms with E-state index in [2.05, 4.69) is 11.6 Å². The smallest absolute Gasteiger partial charge is 0.297 e. The van der Waals surface area contributed by atoms with Gasteiger partial charge in [0.05, 0.1) is 17.0 Å². The maximum atomic E-state index is 13.5. The van der Waals surface area contributed by atoms with Crippen LogP contribution in [-0.2, 0) is 0 Å². The zero-order valence-corrected chi connectivity index (χ0v) is 17.7. The molecule has 31 heavy (non-hydrogen) atoms. The first-order chi connectivity index (χ1) is 15.1. The first kappa shape index (κ1) is 19.5. The largest absolute Gasteiger partial charge is 0.490 e. The van der Waals surface area contributed by atoms with Gasteiger partial charge in [0.1, 0.15) is 17.9 Å². The van der Waals surface area contributed by atoms with Gasteiger partial charge in [0.2, 0.25) is 5.76 Å². The van der Waals surface area contributed by atoms with Crippen LogP contribution in [0.15, 0.2) is 75.9 Å². The van der Waals surface area contributed by atoms with E-state index in [-0.39, 0.29) is 16.8 Å². The first-order valence-electron chi connectivity index (χ1n) is 9.41. The summed E-state index contributed by atoms with van der Waals surface area (Å²) in [5.41, 5.74) is 0.978. The van der Waals surface area contributed by atoms with Crippen molar-refractivity contribution >= 4 is 44.9 Å². The topological polar surface area (TPSA) is 72.6 Å². The second-order valence-electron chi connectivity index (χ2n) is 6.88. The number of thiazole rings is 1. The van der Waals surface area contributed by atoms with Crippen molar-refractivity contribution in [1.29, 1.82) is 0 Å². The molecule has 2 aromatic heterocycles. The van der Waals surface area contributed by atoms with Crippen LogP contribution in [0.4, 0.5) is 5.13 Å². The van der Waals surface area contributed by atoms with E-state index in [1.807, 2.05) is 12.1 Å². The maximum Gasteiger partial charge on any atom is 0.297 e. The number of fused-ring (bicyclic) bond motifs is 2. The molecule has 154 valence electrons. The van der Waals surface area contributed by atoms with Crippen molar-refractivity contribution in [2.24, 2.45) is 0 Å². The highest BCUT2D eigenvalue weighted by molar-refractivity contribution is 7.13. The van der Waals surface area contributed by atoms with Crippen molar-refractivity contribution < 1.29 is 13.9 Å². The molecule has 3 heterocycles. The van der Waals surface area contributed by atoms with Crippen LogP contribution in [-0.4, -0.2) is 17.5 Å². The first-order valence-corrected chi connectivity index (χ1v) is 10.7. The third kappa shape index (κ3) is 3.22. The fourth-order valence-electron chi connectivity index (χ4n) is 3.72. The molecule has 0 saturated heterocycles. The van der Waals surface area contributed by atoms with E-state index < -0.39 is 11.9 Å². The Kier molecular flexibility index (Phi) is 4.84. The third-order valence-corrected chi connectivity index (χ3v) is 6.01. The van der Waals surface area contributed by atoms with E-state index >= 15 is 0 Å². The number of ether oxygens (including phenoxy) is 1. The van der Waals surface area contributed by atoms with Crippen molar-refractivity contribution in [1.82, 2.24) is 4.98 Å². The van der Waals surface area contributed by atoms with Crippen LogP contribution in [0.2, 0.25) is 5.02 Å². The molecule has 1 atom stereocenters. The molecule has 0 aliphatic carbocycles. The lowest BCUT2D eigenvalue weighted by molar-refractivity contribution is 0.0971. The summed E-state index contributed by atoms with van der Waals surface area (Å²) >= 11 is 7.42. The lowest BCUT2D eigenvalue weighted by atomic mass is 9.98. The highest BCUT2D eigenvalue weighted by atomic mass is 35.5. The summed E-state index contributed by atoms with van der Waals surface area (Å²) in [6, 6.07) is 11.3. The molecule has 5 rings (SSSR count). The van der Waals surface area contributed by atoms with Crippen LogP contribution >= 0.6 is 22.9 Å². The van der Waals surface area contributed by atoms with Gasteiger partial charge in [0, 0.05) is 16.6 Å². The Morgan fingerprint density at radius 1 is 1.26 bits per heavy atom. The molecule has 4 aromatic rings. The van der Waals surface area contributed by atoms with E-state index in [1.165, 1.54) is 16.2 Å². The van der Waals surface area contributed by atoms with Gasteiger partial charge in [-0.3, -0.25) is 14.5 Å². The fraction of sp³-hybridized carbons (Fsp3) is 0.0870. The average Bonchev–Trinajstić information content (AvgIpc) is 3.40. The maximum absolute atomic E-state index is 13.5. The van der Waals surface area contributed by atoms with Gasteiger partial charge in [-0.05, 0) is 35.9 Å². The van der Waals surface area contributed by atoms with Crippen LogP contribution < -0.4 is 15.1 Å². The van der Waals surface area contributed by atoms with Gasteiger partial charge in [0.15, 0.2) is 10.6 Å². The lowest BCUT2D eigenvalue weighted by Gasteiger charge is -2.23. The van der Waals surface area contributed by atoms with Crippen molar-refractivity contribution in [2.45, 2.75) is 6.04 Å². The second-order valence-corrected chi connectivity index (χ2v) is 8.19. The number of aromatic nitrogens is 1. The molecule has 0 saturated carbocycles. The van der Waals surface area contributed by atoms with E-state index in [4.69, 9.17) is 20.8 Å². The molecular formula is C23H15ClN2O4S. The molecule has 1 aliphatic rings. The summed E-state index contributed by atoms with van der Waals surface area (Å²) in [5.74, 6) is 0.198. The zero-order valence-electron chi connectivity index (χ0n) is 16.1. The summed E-state index contributed by atoms with van der Waals surface area (Å²) in [6.45, 7) is 4.00. The normalized spacial score (nSPS) is 15.3. The van der Waals surface area contributed by atoms with Crippen LogP contribution in [0.25, 0.3) is 11.0 Å². The zero-order chi connectivity index (χ0) is 21.5. The predicted molar refractivity (Wildman–Crippen MR) is 120 cm³/mol. The third-order valence-electron chi connectivity index (χ3n) is 5.00. The van der Waals surface area contributed by atoms with Gasteiger partial charge in [-0.2, -0.15) is 0 Å². The summed E-state index contributed by atoms with van der Waals surface area (Å²) < 4.78 is 11.6. The van der Waals surface area contributed by atoms with Crippen LogP contribution in [0, 0.1) is 0 Å². The number of benzene rings is 2. The van der Waals surface area contributed by atoms with Gasteiger partial charge in [0.25, 0.3) is 5.91 Å². The lowest BCUT2D eigenvalue weighted by Crippen LogP contribution is -2.29. The quantitative estimate of drug-likeness (QED) is 0.390. The number of anilines is 1. The van der Waals surface area contributed by atoms with Gasteiger partial charge >= 0.3 is 0 Å². The molecule has 0 spiro atoms. The van der Waals surface area contributed by atoms with Crippen LogP contribution in [0.1, 0.15) is 27.7 Å². The number of nitrogens with zero attached hydrogens (tertiary/aromatic N) is 2. The summed E-state index contributed by atoms with van der Waals surface area (Å²) in [4.78, 5) is 32.7. The molecule has 0 unspecified atom stereocenters. The summed E-state index contributed by atoms with van der Waals surface area (Å²) in [5, 5.41) is 2.99. The number of carbonyl (C=O) groups excluding carboxylic acids is 1. The highest BCUT2D eigenvalue weighted by Gasteiger charge is 2.44. The number of rotatable bonds is 5. The molecule has 6 nitrogen and oxygen atoms in total. The minimum Gasteiger partial charge on any atom is -0.490 e. The minimum absolute atomic E-state index is 0.0115. The van der Waals surface area contributed by atoms with Crippen molar-refractivity contribution in [3.8, 4) is 5.75 Å². The molecule has 0 fully saturated rings. The number of hydrogen-bond donors (Lipinski definition) is 0. The Morgan fingerprint density at radius 2 is 2.13 bits per heavy atom. The second kappa shape index (κ2) is 7.68. The SMILES string of the molecule is C=CCOc1cccc([C@@H]2c3c(oc4ccc(Cl)cc4c3=O)C(=O)N2c2nccs2)c1. The molecule has 0 radical (unpaired) electrons. The van der Waals surface area contributed by atoms with Crippen molar-refractivity contribution in [3.05, 3.63) is 98.8 Å². The van der Waals surface area contributed by atoms with Gasteiger partial charge in [-0.15, -0.1) is 11.3 Å². The number of amides is 1. The molecule has 0 N–H and O–H groups in total. The molecular weight excluding hydrogens is 436 g/mol. The van der Waals surface area contributed by atoms with Crippen LogP contribution in [0.5, 0.6) is 5.75 Å². The fourth-order valence-corrected chi connectivity index (χ4v) is 4.56. The number of hydrogen-bond acceptors (Lipinski definition) is 6. The molecule has 1 aliphatic heterocycles. The Morgan fingerprint density at radius 3 is 2.90 bits per heavy atom. The predicted octanol–water partition coefficient (Wildman–Crippen LogP) is 5.22. The molecule has 8 heteroatoms. The molecule has 0 bridgehead atoms. The standard InChI is InChI=1S/C23H15ClN2O4S/c1-2-9-29-15-5-3-4-13(11-15)19-18-20(27)16-12-14(24)6-7-17(16)30-21(18)22(28)26(19)23-25-8-10-31-23/h2-8,10-12,19H,1,9H2/t19-/m1/s1. The molecule has 2 aromatic carbocycles. The monoisotopic (exact) mass is 450 g/mol. The van der Waals surface area contributed by atoms with Gasteiger partial charge < -0.3 is 9.15 Å². The Balaban J connectivity index is 1.76. The van der Waals surface area contributed by atoms with E-state index in [0.29, 0.717) is 39.0 Å². The Labute approximate surface area is 186 Å². The number of halogens is 1. The van der Waals surface area contributed by atoms with E-state index in [1.54, 1.807) is 48.0 Å². The van der Waals surface area contributed by atoms with Crippen molar-refractivity contribution in [2.75, 3.05) is 11.5 Å². The highest BCUT2D eigenvalue weighted by Crippen LogP contribution is 2.42. The summed E-state index contributed by atoms with van der Waals surface area (Å²) in [6.07, 6.45) is 3.26. The van der Waals surface area contributed by atoms with Crippen molar-refractivity contribution in [3.63, 3.8) is 0 Å². The van der Waals surface area contributed by atoms with Gasteiger partial charge in [-0.1, -0.05) is 36.4 Å². The Hall–Kier alpha value is -3.42. The van der Waals surface area contributed by atoms with Crippen LogP contribution in [0.3, 0.4) is 0 Å². The Bertz CT molecular complexity index is 1380. The molecule has 1 amide bonds. The summed E-state index contributed by atoms with van der Waals surface area (Å²) in [7, 11) is 0. The van der Waals surface area contributed by atoms with E-state index in [0.717, 1.165) is 0 Å². The van der Waals surface area contributed by atoms with E-state index in [9.17, 15) is 9.59 Å². The van der Waals surface area contributed by atoms with Gasteiger partial charge in [-0.25, -0.2) is 4.98 Å². The minimum atomic E-state index is -0.708. The average molecular weight is 451 g/mol. The number of carbonyl (C=O) groups is 1.